The average Bonchev–Trinajstić information content (AvgIpc) is 2.31. The smallest absolute Gasteiger partial charge is 0.251 e. The molecule has 0 aromatic heterocycles. The zero-order valence-corrected chi connectivity index (χ0v) is 11.2. The van der Waals surface area contributed by atoms with Gasteiger partial charge in [-0.25, -0.2) is 0 Å². The summed E-state index contributed by atoms with van der Waals surface area (Å²) in [4.78, 5) is 11.9. The van der Waals surface area contributed by atoms with E-state index in [0.29, 0.717) is 0 Å². The zero-order chi connectivity index (χ0) is 11.4. The van der Waals surface area contributed by atoms with Crippen LogP contribution in [-0.2, 0) is 0 Å². The third-order valence-electron chi connectivity index (χ3n) is 2.74. The first-order chi connectivity index (χ1) is 7.75. The zero-order valence-electron chi connectivity index (χ0n) is 9.00. The highest BCUT2D eigenvalue weighted by atomic mass is 127. The topological polar surface area (TPSA) is 41.1 Å². The second kappa shape index (κ2) is 5.63. The molecule has 1 atom stereocenters. The molecule has 1 fully saturated rings. The van der Waals surface area contributed by atoms with Gasteiger partial charge in [-0.1, -0.05) is 0 Å². The Labute approximate surface area is 109 Å². The molecule has 1 aliphatic rings. The van der Waals surface area contributed by atoms with Gasteiger partial charge in [0, 0.05) is 21.7 Å². The molecule has 0 bridgehead atoms. The van der Waals surface area contributed by atoms with E-state index < -0.39 is 0 Å². The van der Waals surface area contributed by atoms with Gasteiger partial charge in [-0.2, -0.15) is 0 Å². The van der Waals surface area contributed by atoms with Crippen LogP contribution in [0, 0.1) is 3.57 Å². The third kappa shape index (κ3) is 3.18. The molecule has 0 saturated carbocycles. The molecule has 2 rings (SSSR count). The standard InChI is InChI=1S/C12H15IN2O/c13-10-5-3-9(4-6-10)12(16)15-11-2-1-7-14-8-11/h3-6,11,14H,1-2,7-8H2,(H,15,16). The van der Waals surface area contributed by atoms with Crippen LogP contribution in [-0.4, -0.2) is 25.0 Å². The van der Waals surface area contributed by atoms with Gasteiger partial charge in [0.25, 0.3) is 5.91 Å². The van der Waals surface area contributed by atoms with E-state index in [1.807, 2.05) is 24.3 Å². The molecule has 0 aliphatic carbocycles. The van der Waals surface area contributed by atoms with Crippen LogP contribution >= 0.6 is 22.6 Å². The Bertz CT molecular complexity index is 358. The summed E-state index contributed by atoms with van der Waals surface area (Å²) in [6, 6.07) is 7.92. The maximum Gasteiger partial charge on any atom is 0.251 e. The van der Waals surface area contributed by atoms with Crippen LogP contribution in [0.4, 0.5) is 0 Å². The number of halogens is 1. The quantitative estimate of drug-likeness (QED) is 0.812. The van der Waals surface area contributed by atoms with Crippen LogP contribution in [0.5, 0.6) is 0 Å². The summed E-state index contributed by atoms with van der Waals surface area (Å²) in [5.41, 5.74) is 0.742. The lowest BCUT2D eigenvalue weighted by atomic mass is 10.1. The molecule has 1 aromatic rings. The van der Waals surface area contributed by atoms with E-state index in [-0.39, 0.29) is 11.9 Å². The fourth-order valence-corrected chi connectivity index (χ4v) is 2.20. The first-order valence-corrected chi connectivity index (χ1v) is 6.61. The summed E-state index contributed by atoms with van der Waals surface area (Å²) in [7, 11) is 0. The van der Waals surface area contributed by atoms with Gasteiger partial charge in [-0.15, -0.1) is 0 Å². The van der Waals surface area contributed by atoms with Crippen molar-refractivity contribution in [3.8, 4) is 0 Å². The first-order valence-electron chi connectivity index (χ1n) is 5.53. The Morgan fingerprint density at radius 1 is 1.38 bits per heavy atom. The summed E-state index contributed by atoms with van der Waals surface area (Å²) < 4.78 is 1.15. The molecular weight excluding hydrogens is 315 g/mol. The minimum Gasteiger partial charge on any atom is -0.348 e. The first kappa shape index (κ1) is 11.9. The van der Waals surface area contributed by atoms with Gasteiger partial charge in [0.2, 0.25) is 0 Å². The van der Waals surface area contributed by atoms with Crippen molar-refractivity contribution in [2.45, 2.75) is 18.9 Å². The van der Waals surface area contributed by atoms with Gasteiger partial charge in [0.1, 0.15) is 0 Å². The van der Waals surface area contributed by atoms with Gasteiger partial charge in [-0.05, 0) is 66.2 Å². The van der Waals surface area contributed by atoms with Crippen LogP contribution in [0.25, 0.3) is 0 Å². The summed E-state index contributed by atoms with van der Waals surface area (Å²) in [5.74, 6) is 0.0325. The minimum atomic E-state index is 0.0325. The molecule has 1 aliphatic heterocycles. The molecule has 0 spiro atoms. The largest absolute Gasteiger partial charge is 0.348 e. The number of carbonyl (C=O) groups is 1. The van der Waals surface area contributed by atoms with Gasteiger partial charge < -0.3 is 10.6 Å². The number of nitrogens with one attached hydrogen (secondary N) is 2. The lowest BCUT2D eigenvalue weighted by molar-refractivity contribution is 0.0930. The van der Waals surface area contributed by atoms with Gasteiger partial charge in [0.05, 0.1) is 0 Å². The molecule has 4 heteroatoms. The number of carbonyl (C=O) groups excluding carboxylic acids is 1. The average molecular weight is 330 g/mol. The third-order valence-corrected chi connectivity index (χ3v) is 3.46. The van der Waals surface area contributed by atoms with Crippen molar-refractivity contribution in [3.05, 3.63) is 33.4 Å². The van der Waals surface area contributed by atoms with E-state index in [1.165, 1.54) is 0 Å². The van der Waals surface area contributed by atoms with Crippen LogP contribution in [0.1, 0.15) is 23.2 Å². The Morgan fingerprint density at radius 3 is 2.75 bits per heavy atom. The molecule has 86 valence electrons. The van der Waals surface area contributed by atoms with Crippen molar-refractivity contribution in [1.29, 1.82) is 0 Å². The highest BCUT2D eigenvalue weighted by Crippen LogP contribution is 2.08. The van der Waals surface area contributed by atoms with Crippen molar-refractivity contribution in [2.75, 3.05) is 13.1 Å². The van der Waals surface area contributed by atoms with Crippen molar-refractivity contribution in [1.82, 2.24) is 10.6 Å². The number of rotatable bonds is 2. The van der Waals surface area contributed by atoms with Crippen molar-refractivity contribution in [3.63, 3.8) is 0 Å². The van der Waals surface area contributed by atoms with Gasteiger partial charge in [-0.3, -0.25) is 4.79 Å². The van der Waals surface area contributed by atoms with Crippen LogP contribution < -0.4 is 10.6 Å². The Morgan fingerprint density at radius 2 is 2.12 bits per heavy atom. The molecule has 1 heterocycles. The van der Waals surface area contributed by atoms with Crippen molar-refractivity contribution < 1.29 is 4.79 Å². The molecule has 1 unspecified atom stereocenters. The summed E-state index contributed by atoms with van der Waals surface area (Å²) >= 11 is 2.23. The summed E-state index contributed by atoms with van der Waals surface area (Å²) in [5, 5.41) is 6.34. The second-order valence-corrected chi connectivity index (χ2v) is 5.27. The van der Waals surface area contributed by atoms with Gasteiger partial charge in [0.15, 0.2) is 0 Å². The van der Waals surface area contributed by atoms with E-state index in [4.69, 9.17) is 0 Å². The van der Waals surface area contributed by atoms with Crippen molar-refractivity contribution in [2.24, 2.45) is 0 Å². The molecule has 1 amide bonds. The number of hydrogen-bond donors (Lipinski definition) is 2. The maximum absolute atomic E-state index is 11.9. The number of amides is 1. The lowest BCUT2D eigenvalue weighted by Crippen LogP contribution is -2.45. The molecule has 1 aromatic carbocycles. The molecule has 2 N–H and O–H groups in total. The fourth-order valence-electron chi connectivity index (χ4n) is 1.85. The minimum absolute atomic E-state index is 0.0325. The number of benzene rings is 1. The van der Waals surface area contributed by atoms with E-state index in [2.05, 4.69) is 33.2 Å². The van der Waals surface area contributed by atoms with E-state index in [9.17, 15) is 4.79 Å². The molecule has 3 nitrogen and oxygen atoms in total. The SMILES string of the molecule is O=C(NC1CCCNC1)c1ccc(I)cc1. The van der Waals surface area contributed by atoms with Gasteiger partial charge >= 0.3 is 0 Å². The molecular formula is C12H15IN2O. The fraction of sp³-hybridized carbons (Fsp3) is 0.417. The van der Waals surface area contributed by atoms with Crippen LogP contribution in [0.2, 0.25) is 0 Å². The predicted octanol–water partition coefficient (Wildman–Crippen LogP) is 1.77. The normalized spacial score (nSPS) is 20.4. The van der Waals surface area contributed by atoms with E-state index >= 15 is 0 Å². The predicted molar refractivity (Wildman–Crippen MR) is 72.5 cm³/mol. The number of piperidine rings is 1. The summed E-state index contributed by atoms with van der Waals surface area (Å²) in [6.45, 7) is 1.95. The Hall–Kier alpha value is -0.620. The molecule has 0 radical (unpaired) electrons. The van der Waals surface area contributed by atoms with E-state index in [1.54, 1.807) is 0 Å². The van der Waals surface area contributed by atoms with Crippen molar-refractivity contribution >= 4 is 28.5 Å². The Balaban J connectivity index is 1.94. The maximum atomic E-state index is 11.9. The highest BCUT2D eigenvalue weighted by Gasteiger charge is 2.15. The summed E-state index contributed by atoms with van der Waals surface area (Å²) in [6.07, 6.45) is 2.21. The Kier molecular flexibility index (Phi) is 4.17. The van der Waals surface area contributed by atoms with Crippen LogP contribution in [0.15, 0.2) is 24.3 Å². The van der Waals surface area contributed by atoms with Crippen LogP contribution in [0.3, 0.4) is 0 Å². The second-order valence-electron chi connectivity index (χ2n) is 4.02. The van der Waals surface area contributed by atoms with E-state index in [0.717, 1.165) is 35.1 Å². The molecule has 1 saturated heterocycles. The highest BCUT2D eigenvalue weighted by molar-refractivity contribution is 14.1. The molecule has 16 heavy (non-hydrogen) atoms. The lowest BCUT2D eigenvalue weighted by Gasteiger charge is -2.23. The monoisotopic (exact) mass is 330 g/mol. The number of hydrogen-bond acceptors (Lipinski definition) is 2.